The van der Waals surface area contributed by atoms with Gasteiger partial charge in [0.15, 0.2) is 10.9 Å². The minimum Gasteiger partial charge on any atom is -0.505 e. The quantitative estimate of drug-likeness (QED) is 0.110. The number of aromatic nitrogens is 3. The van der Waals surface area contributed by atoms with Crippen molar-refractivity contribution in [3.63, 3.8) is 0 Å². The lowest BCUT2D eigenvalue weighted by Crippen LogP contribution is -2.29. The summed E-state index contributed by atoms with van der Waals surface area (Å²) in [5.41, 5.74) is 1.63. The normalized spacial score (nSPS) is 16.9. The molecule has 0 radical (unpaired) electrons. The summed E-state index contributed by atoms with van der Waals surface area (Å²) < 4.78 is 7.62. The van der Waals surface area contributed by atoms with Crippen LogP contribution in [0.4, 0.5) is 10.8 Å². The van der Waals surface area contributed by atoms with Gasteiger partial charge >= 0.3 is 5.91 Å². The molecule has 0 aliphatic carbocycles. The fourth-order valence-electron chi connectivity index (χ4n) is 4.80. The Hall–Kier alpha value is -5.10. The van der Waals surface area contributed by atoms with Crippen LogP contribution in [0.5, 0.6) is 5.75 Å². The molecule has 4 heterocycles. The van der Waals surface area contributed by atoms with Gasteiger partial charge in [0.2, 0.25) is 0 Å². The number of anilines is 1. The maximum absolute atomic E-state index is 13.6. The van der Waals surface area contributed by atoms with Crippen molar-refractivity contribution in [3.8, 4) is 5.75 Å². The predicted molar refractivity (Wildman–Crippen MR) is 144 cm³/mol. The van der Waals surface area contributed by atoms with Crippen molar-refractivity contribution in [2.24, 2.45) is 0 Å². The van der Waals surface area contributed by atoms with E-state index in [9.17, 15) is 24.8 Å². The number of rotatable bonds is 5. The second-order valence-corrected chi connectivity index (χ2v) is 9.84. The molecule has 3 aromatic heterocycles. The molecular formula is C27H19N5O6S. The number of aliphatic hydroxyl groups is 1. The minimum absolute atomic E-state index is 0.200. The molecule has 12 heteroatoms. The number of fused-ring (bicyclic) bond motifs is 2. The summed E-state index contributed by atoms with van der Waals surface area (Å²) in [6.07, 6.45) is 1.68. The van der Waals surface area contributed by atoms with Crippen molar-refractivity contribution >= 4 is 55.5 Å². The van der Waals surface area contributed by atoms with Gasteiger partial charge in [-0.1, -0.05) is 29.5 Å². The summed E-state index contributed by atoms with van der Waals surface area (Å²) >= 11 is 1.16. The van der Waals surface area contributed by atoms with E-state index in [1.807, 2.05) is 0 Å². The second kappa shape index (κ2) is 9.03. The Kier molecular flexibility index (Phi) is 5.61. The van der Waals surface area contributed by atoms with Crippen LogP contribution in [0, 0.1) is 17.0 Å². The number of imidazole rings is 1. The molecule has 0 saturated carbocycles. The highest BCUT2D eigenvalue weighted by Crippen LogP contribution is 2.45. The van der Waals surface area contributed by atoms with Gasteiger partial charge in [0, 0.05) is 18.3 Å². The number of hydrogen-bond donors (Lipinski definition) is 1. The highest BCUT2D eigenvalue weighted by atomic mass is 32.1. The number of benzene rings is 2. The molecule has 0 spiro atoms. The number of nitro groups is 1. The zero-order valence-electron chi connectivity index (χ0n) is 20.6. The smallest absolute Gasteiger partial charge is 0.301 e. The highest BCUT2D eigenvalue weighted by Gasteiger charge is 2.49. The predicted octanol–water partition coefficient (Wildman–Crippen LogP) is 4.80. The van der Waals surface area contributed by atoms with Gasteiger partial charge in [-0.05, 0) is 42.8 Å². The largest absolute Gasteiger partial charge is 0.505 e. The highest BCUT2D eigenvalue weighted by molar-refractivity contribution is 7.22. The van der Waals surface area contributed by atoms with Crippen molar-refractivity contribution in [2.45, 2.75) is 13.0 Å². The number of aryl methyl sites for hydroxylation is 1. The zero-order valence-corrected chi connectivity index (χ0v) is 21.4. The number of amides is 1. The molecule has 5 aromatic rings. The van der Waals surface area contributed by atoms with Crippen LogP contribution in [0.3, 0.4) is 0 Å². The molecule has 11 nitrogen and oxygen atoms in total. The summed E-state index contributed by atoms with van der Waals surface area (Å²) in [6, 6.07) is 15.0. The Bertz CT molecular complexity index is 1870. The minimum atomic E-state index is -1.18. The van der Waals surface area contributed by atoms with Crippen LogP contribution in [-0.2, 0) is 9.59 Å². The Balaban J connectivity index is 1.61. The van der Waals surface area contributed by atoms with Gasteiger partial charge in [-0.2, -0.15) is 0 Å². The maximum atomic E-state index is 13.6. The lowest BCUT2D eigenvalue weighted by Gasteiger charge is -2.22. The molecule has 1 amide bonds. The summed E-state index contributed by atoms with van der Waals surface area (Å²) in [6.45, 7) is 1.68. The van der Waals surface area contributed by atoms with Gasteiger partial charge in [0.25, 0.3) is 11.5 Å². The van der Waals surface area contributed by atoms with Crippen LogP contribution in [0.1, 0.15) is 23.0 Å². The molecule has 2 aromatic carbocycles. The third-order valence-electron chi connectivity index (χ3n) is 6.56. The third kappa shape index (κ3) is 3.80. The van der Waals surface area contributed by atoms with Crippen molar-refractivity contribution < 1.29 is 24.4 Å². The number of carbonyl (C=O) groups excluding carboxylic acids is 2. The van der Waals surface area contributed by atoms with Gasteiger partial charge in [0.1, 0.15) is 17.1 Å². The Morgan fingerprint density at radius 3 is 2.69 bits per heavy atom. The molecule has 1 aliphatic heterocycles. The first-order chi connectivity index (χ1) is 18.8. The standard InChI is InChI=1S/C27H19N5O6S/c1-14-22(30-11-4-3-8-20(30)28-14)24(33)21-23(15-6-5-7-16(12-15)32(36)37)31(26(35)25(21)34)27-29-18-10-9-17(38-2)13-19(18)39-27/h3-13,23,33H,1-2H3/b24-21+. The molecule has 1 N–H and O–H groups in total. The first kappa shape index (κ1) is 24.2. The van der Waals surface area contributed by atoms with E-state index in [0.29, 0.717) is 27.3 Å². The van der Waals surface area contributed by atoms with Crippen molar-refractivity contribution in [1.82, 2.24) is 14.4 Å². The fourth-order valence-corrected chi connectivity index (χ4v) is 5.82. The summed E-state index contributed by atoms with van der Waals surface area (Å²) in [5, 5.41) is 23.4. The number of aliphatic hydroxyl groups excluding tert-OH is 1. The molecule has 1 fully saturated rings. The van der Waals surface area contributed by atoms with E-state index in [1.165, 1.54) is 30.2 Å². The van der Waals surface area contributed by atoms with E-state index in [1.54, 1.807) is 60.0 Å². The van der Waals surface area contributed by atoms with Gasteiger partial charge in [-0.3, -0.25) is 29.0 Å². The number of nitro benzene ring substituents is 1. The van der Waals surface area contributed by atoms with E-state index < -0.39 is 28.4 Å². The number of nitrogens with zero attached hydrogens (tertiary/aromatic N) is 5. The molecule has 6 rings (SSSR count). The molecule has 1 atom stereocenters. The fraction of sp³-hybridized carbons (Fsp3) is 0.111. The van der Waals surface area contributed by atoms with Crippen LogP contribution in [0.15, 0.2) is 72.4 Å². The number of methoxy groups -OCH3 is 1. The Morgan fingerprint density at radius 2 is 1.92 bits per heavy atom. The van der Waals surface area contributed by atoms with Gasteiger partial charge < -0.3 is 9.84 Å². The van der Waals surface area contributed by atoms with Crippen LogP contribution in [-0.4, -0.2) is 43.2 Å². The van der Waals surface area contributed by atoms with Crippen LogP contribution < -0.4 is 9.64 Å². The van der Waals surface area contributed by atoms with E-state index in [-0.39, 0.29) is 27.6 Å². The Labute approximate surface area is 224 Å². The monoisotopic (exact) mass is 541 g/mol. The van der Waals surface area contributed by atoms with Crippen LogP contribution in [0.25, 0.3) is 21.6 Å². The molecule has 1 saturated heterocycles. The molecular weight excluding hydrogens is 522 g/mol. The number of thiazole rings is 1. The second-order valence-electron chi connectivity index (χ2n) is 8.83. The molecule has 194 valence electrons. The molecule has 1 aliphatic rings. The number of non-ortho nitro benzene ring substituents is 1. The van der Waals surface area contributed by atoms with Gasteiger partial charge in [-0.25, -0.2) is 9.97 Å². The lowest BCUT2D eigenvalue weighted by molar-refractivity contribution is -0.384. The number of carbonyl (C=O) groups is 2. The first-order valence-corrected chi connectivity index (χ1v) is 12.5. The van der Waals surface area contributed by atoms with Crippen LogP contribution >= 0.6 is 11.3 Å². The Morgan fingerprint density at radius 1 is 1.10 bits per heavy atom. The molecule has 39 heavy (non-hydrogen) atoms. The summed E-state index contributed by atoms with van der Waals surface area (Å²) in [7, 11) is 1.53. The lowest BCUT2D eigenvalue weighted by atomic mass is 9.96. The summed E-state index contributed by atoms with van der Waals surface area (Å²) in [5.74, 6) is -1.69. The zero-order chi connectivity index (χ0) is 27.4. The topological polar surface area (TPSA) is 140 Å². The maximum Gasteiger partial charge on any atom is 0.301 e. The molecule has 1 unspecified atom stereocenters. The first-order valence-electron chi connectivity index (χ1n) is 11.7. The average molecular weight is 542 g/mol. The SMILES string of the molecule is COc1ccc2nc(N3C(=O)C(=O)/C(=C(/O)c4c(C)nc5ccccn45)C3c3cccc([N+](=O)[O-])c3)sc2c1. The number of ether oxygens (including phenoxy) is 1. The number of hydrogen-bond acceptors (Lipinski definition) is 9. The van der Waals surface area contributed by atoms with Gasteiger partial charge in [0.05, 0.1) is 39.6 Å². The number of pyridine rings is 1. The number of ketones is 1. The third-order valence-corrected chi connectivity index (χ3v) is 7.58. The van der Waals surface area contributed by atoms with E-state index >= 15 is 0 Å². The molecule has 0 bridgehead atoms. The van der Waals surface area contributed by atoms with Crippen molar-refractivity contribution in [3.05, 3.63) is 99.5 Å². The van der Waals surface area contributed by atoms with Gasteiger partial charge in [-0.15, -0.1) is 0 Å². The average Bonchev–Trinajstić information content (AvgIpc) is 3.58. The van der Waals surface area contributed by atoms with Crippen molar-refractivity contribution in [1.29, 1.82) is 0 Å². The van der Waals surface area contributed by atoms with Crippen LogP contribution in [0.2, 0.25) is 0 Å². The van der Waals surface area contributed by atoms with Crippen molar-refractivity contribution in [2.75, 3.05) is 12.0 Å². The van der Waals surface area contributed by atoms with E-state index in [0.717, 1.165) is 11.3 Å². The summed E-state index contributed by atoms with van der Waals surface area (Å²) in [4.78, 5) is 48.4. The van der Waals surface area contributed by atoms with E-state index in [4.69, 9.17) is 4.74 Å². The number of Topliss-reactive ketones (excluding diaryl/α,β-unsaturated/α-hetero) is 1. The van der Waals surface area contributed by atoms with E-state index in [2.05, 4.69) is 9.97 Å².